The highest BCUT2D eigenvalue weighted by Crippen LogP contribution is 2.34. The van der Waals surface area contributed by atoms with E-state index in [0.717, 1.165) is 0 Å². The van der Waals surface area contributed by atoms with Crippen LogP contribution < -0.4 is 0 Å². The van der Waals surface area contributed by atoms with E-state index >= 15 is 0 Å². The smallest absolute Gasteiger partial charge is 0.137 e. The van der Waals surface area contributed by atoms with Crippen LogP contribution in [0.4, 0.5) is 13.2 Å². The molecule has 0 fully saturated rings. The van der Waals surface area contributed by atoms with Crippen molar-refractivity contribution in [3.63, 3.8) is 0 Å². The van der Waals surface area contributed by atoms with Crippen molar-refractivity contribution in [2.75, 3.05) is 0 Å². The molecule has 2 aromatic rings. The van der Waals surface area contributed by atoms with Crippen molar-refractivity contribution in [3.05, 3.63) is 57.5 Å². The number of halogens is 4. The van der Waals surface area contributed by atoms with E-state index < -0.39 is 23.0 Å². The Morgan fingerprint density at radius 1 is 1.21 bits per heavy atom. The zero-order chi connectivity index (χ0) is 14.0. The van der Waals surface area contributed by atoms with E-state index in [4.69, 9.17) is 16.9 Å². The van der Waals surface area contributed by atoms with Gasteiger partial charge in [0.25, 0.3) is 0 Å². The van der Waals surface area contributed by atoms with Crippen LogP contribution in [0.5, 0.6) is 0 Å². The molecule has 0 saturated heterocycles. The molecule has 0 atom stereocenters. The summed E-state index contributed by atoms with van der Waals surface area (Å²) in [7, 11) is 0. The second kappa shape index (κ2) is 5.47. The summed E-state index contributed by atoms with van der Waals surface area (Å²) in [4.78, 5) is 0.482. The van der Waals surface area contributed by atoms with Gasteiger partial charge in [0.1, 0.15) is 23.5 Å². The molecule has 0 saturated carbocycles. The Bertz CT molecular complexity index is 663. The first kappa shape index (κ1) is 13.7. The number of hydrogen-bond donors (Lipinski definition) is 0. The summed E-state index contributed by atoms with van der Waals surface area (Å²) in [6, 6.07) is 6.12. The molecule has 19 heavy (non-hydrogen) atoms. The summed E-state index contributed by atoms with van der Waals surface area (Å²) in [5, 5.41) is 10.4. The Hall–Kier alpha value is -1.77. The first-order chi connectivity index (χ1) is 9.04. The fraction of sp³-hybridized carbons (Fsp3) is 0. The average Bonchev–Trinajstić information content (AvgIpc) is 2.82. The monoisotopic (exact) mass is 299 g/mol. The summed E-state index contributed by atoms with van der Waals surface area (Å²) in [5.41, 5.74) is -0.658. The van der Waals surface area contributed by atoms with Gasteiger partial charge in [-0.1, -0.05) is 17.7 Å². The molecule has 6 heteroatoms. The molecule has 1 nitrogen and oxygen atoms in total. The molecule has 2 rings (SSSR count). The normalized spacial score (nSPS) is 11.9. The van der Waals surface area contributed by atoms with Crippen molar-refractivity contribution in [1.82, 2.24) is 0 Å². The number of allylic oxidation sites excluding steroid dienone is 1. The third kappa shape index (κ3) is 2.65. The summed E-state index contributed by atoms with van der Waals surface area (Å²) >= 11 is 7.10. The van der Waals surface area contributed by atoms with Crippen LogP contribution in [0.1, 0.15) is 10.4 Å². The second-order valence-corrected chi connectivity index (χ2v) is 4.85. The third-order valence-electron chi connectivity index (χ3n) is 2.33. The fourth-order valence-electron chi connectivity index (χ4n) is 1.51. The van der Waals surface area contributed by atoms with E-state index in [0.29, 0.717) is 17.0 Å². The number of nitriles is 1. The number of hydrogen-bond acceptors (Lipinski definition) is 2. The van der Waals surface area contributed by atoms with Gasteiger partial charge in [-0.15, -0.1) is 11.3 Å². The van der Waals surface area contributed by atoms with Gasteiger partial charge in [-0.25, -0.2) is 13.2 Å². The highest BCUT2D eigenvalue weighted by Gasteiger charge is 2.19. The first-order valence-corrected chi connectivity index (χ1v) is 6.29. The maximum atomic E-state index is 13.6. The van der Waals surface area contributed by atoms with Crippen LogP contribution in [0.15, 0.2) is 29.6 Å². The molecular formula is C13H5ClF3NS. The van der Waals surface area contributed by atoms with Gasteiger partial charge in [0.2, 0.25) is 0 Å². The van der Waals surface area contributed by atoms with Gasteiger partial charge in [-0.2, -0.15) is 5.26 Å². The lowest BCUT2D eigenvalue weighted by atomic mass is 10.1. The molecule has 1 aromatic carbocycles. The molecule has 1 heterocycles. The Morgan fingerprint density at radius 3 is 2.32 bits per heavy atom. The van der Waals surface area contributed by atoms with Crippen LogP contribution in [0, 0.1) is 28.8 Å². The van der Waals surface area contributed by atoms with Crippen LogP contribution in [0.3, 0.4) is 0 Å². The van der Waals surface area contributed by atoms with Crippen LogP contribution in [-0.4, -0.2) is 0 Å². The van der Waals surface area contributed by atoms with Crippen molar-refractivity contribution in [2.45, 2.75) is 0 Å². The third-order valence-corrected chi connectivity index (χ3v) is 3.59. The van der Waals surface area contributed by atoms with E-state index in [1.54, 1.807) is 23.6 Å². The Labute approximate surface area is 116 Å². The number of benzene rings is 1. The predicted octanol–water partition coefficient (Wildman–Crippen LogP) is 4.80. The van der Waals surface area contributed by atoms with Crippen molar-refractivity contribution in [3.8, 4) is 6.07 Å². The van der Waals surface area contributed by atoms with Crippen molar-refractivity contribution >= 4 is 33.5 Å². The quantitative estimate of drug-likeness (QED) is 0.731. The lowest BCUT2D eigenvalue weighted by molar-refractivity contribution is 0.540. The fourth-order valence-corrected chi connectivity index (χ4v) is 2.62. The standard InChI is InChI=1S/C13H5ClF3NS/c14-13(8(6-18)11-2-1-3-19-11)12-9(16)4-7(15)5-10(12)17/h1-5H. The predicted molar refractivity (Wildman–Crippen MR) is 68.9 cm³/mol. The molecular weight excluding hydrogens is 295 g/mol. The van der Waals surface area contributed by atoms with Gasteiger partial charge in [-0.3, -0.25) is 0 Å². The molecule has 0 amide bonds. The van der Waals surface area contributed by atoms with Crippen molar-refractivity contribution < 1.29 is 13.2 Å². The summed E-state index contributed by atoms with van der Waals surface area (Å²) in [6.07, 6.45) is 0. The van der Waals surface area contributed by atoms with Crippen LogP contribution >= 0.6 is 22.9 Å². The van der Waals surface area contributed by atoms with E-state index in [9.17, 15) is 13.2 Å². The summed E-state index contributed by atoms with van der Waals surface area (Å²) < 4.78 is 40.0. The first-order valence-electron chi connectivity index (χ1n) is 5.03. The van der Waals surface area contributed by atoms with Gasteiger partial charge < -0.3 is 0 Å². The summed E-state index contributed by atoms with van der Waals surface area (Å²) in [6.45, 7) is 0. The number of thiophene rings is 1. The molecule has 0 aliphatic carbocycles. The van der Waals surface area contributed by atoms with E-state index in [1.807, 2.05) is 0 Å². The zero-order valence-electron chi connectivity index (χ0n) is 9.25. The molecule has 0 unspecified atom stereocenters. The van der Waals surface area contributed by atoms with E-state index in [1.165, 1.54) is 11.3 Å². The minimum absolute atomic E-state index is 0.0546. The van der Waals surface area contributed by atoms with Gasteiger partial charge in [0.15, 0.2) is 0 Å². The largest absolute Gasteiger partial charge is 0.207 e. The molecule has 0 radical (unpaired) electrons. The molecule has 0 bridgehead atoms. The Kier molecular flexibility index (Phi) is 3.93. The van der Waals surface area contributed by atoms with Gasteiger partial charge in [-0.05, 0) is 11.4 Å². The molecule has 0 aliphatic rings. The van der Waals surface area contributed by atoms with Crippen molar-refractivity contribution in [2.24, 2.45) is 0 Å². The van der Waals surface area contributed by atoms with Crippen LogP contribution in [0.2, 0.25) is 0 Å². The van der Waals surface area contributed by atoms with Crippen LogP contribution in [0.25, 0.3) is 10.6 Å². The van der Waals surface area contributed by atoms with E-state index in [-0.39, 0.29) is 10.6 Å². The molecule has 0 aliphatic heterocycles. The Morgan fingerprint density at radius 2 is 1.84 bits per heavy atom. The van der Waals surface area contributed by atoms with Crippen LogP contribution in [-0.2, 0) is 0 Å². The highest BCUT2D eigenvalue weighted by atomic mass is 35.5. The number of rotatable bonds is 2. The zero-order valence-corrected chi connectivity index (χ0v) is 10.8. The maximum absolute atomic E-state index is 13.6. The van der Waals surface area contributed by atoms with Gasteiger partial charge in [0, 0.05) is 17.0 Å². The summed E-state index contributed by atoms with van der Waals surface area (Å²) in [5.74, 6) is -3.34. The van der Waals surface area contributed by atoms with E-state index in [2.05, 4.69) is 0 Å². The minimum Gasteiger partial charge on any atom is -0.207 e. The maximum Gasteiger partial charge on any atom is 0.137 e. The van der Waals surface area contributed by atoms with Gasteiger partial charge in [0.05, 0.1) is 16.2 Å². The SMILES string of the molecule is N#CC(=C(Cl)c1c(F)cc(F)cc1F)c1cccs1. The van der Waals surface area contributed by atoms with Crippen molar-refractivity contribution in [1.29, 1.82) is 5.26 Å². The lowest BCUT2D eigenvalue weighted by Gasteiger charge is -2.06. The molecule has 96 valence electrons. The Balaban J connectivity index is 2.67. The molecule has 0 N–H and O–H groups in total. The molecule has 0 spiro atoms. The lowest BCUT2D eigenvalue weighted by Crippen LogP contribution is -1.95. The van der Waals surface area contributed by atoms with Gasteiger partial charge >= 0.3 is 0 Å². The second-order valence-electron chi connectivity index (χ2n) is 3.52. The topological polar surface area (TPSA) is 23.8 Å². The minimum atomic E-state index is -1.15. The molecule has 1 aromatic heterocycles. The number of nitrogens with zero attached hydrogens (tertiary/aromatic N) is 1. The average molecular weight is 300 g/mol. The highest BCUT2D eigenvalue weighted by molar-refractivity contribution is 7.11.